The van der Waals surface area contributed by atoms with Crippen molar-refractivity contribution in [1.82, 2.24) is 0 Å². The fourth-order valence-corrected chi connectivity index (χ4v) is 2.92. The topological polar surface area (TPSA) is 66.6 Å². The molecule has 0 fully saturated rings. The van der Waals surface area contributed by atoms with Gasteiger partial charge >= 0.3 is 0 Å². The van der Waals surface area contributed by atoms with Crippen LogP contribution < -0.4 is 15.0 Å². The highest BCUT2D eigenvalue weighted by atomic mass is 79.9. The molecule has 23 heavy (non-hydrogen) atoms. The zero-order valence-corrected chi connectivity index (χ0v) is 15.0. The van der Waals surface area contributed by atoms with E-state index in [0.29, 0.717) is 30.3 Å². The van der Waals surface area contributed by atoms with Gasteiger partial charge in [-0.1, -0.05) is 15.9 Å². The van der Waals surface area contributed by atoms with Crippen LogP contribution in [-0.2, 0) is 4.79 Å². The number of amides is 1. The molecule has 5 nitrogen and oxygen atoms in total. The van der Waals surface area contributed by atoms with Crippen molar-refractivity contribution in [1.29, 1.82) is 5.26 Å². The number of nitriles is 1. The second-order valence-electron chi connectivity index (χ2n) is 5.01. The number of benzene rings is 1. The van der Waals surface area contributed by atoms with E-state index in [1.165, 1.54) is 11.3 Å². The summed E-state index contributed by atoms with van der Waals surface area (Å²) in [5, 5.41) is 14.1. The Bertz CT molecular complexity index is 694. The Balaban J connectivity index is 1.72. The van der Waals surface area contributed by atoms with Crippen LogP contribution in [0.25, 0.3) is 0 Å². The number of hydrogen-bond acceptors (Lipinski definition) is 4. The molecule has 0 aliphatic heterocycles. The molecule has 1 heterocycles. The maximum Gasteiger partial charge on any atom is 0.280 e. The second-order valence-corrected chi connectivity index (χ2v) is 6.84. The Morgan fingerprint density at radius 3 is 2.83 bits per heavy atom. The quantitative estimate of drug-likeness (QED) is 0.753. The van der Waals surface area contributed by atoms with Gasteiger partial charge in [0.25, 0.3) is 5.91 Å². The maximum absolute atomic E-state index is 12.0. The van der Waals surface area contributed by atoms with E-state index in [1.807, 2.05) is 31.3 Å². The first kappa shape index (κ1) is 17.5. The van der Waals surface area contributed by atoms with E-state index in [9.17, 15) is 4.79 Å². The Morgan fingerprint density at radius 2 is 2.13 bits per heavy atom. The van der Waals surface area contributed by atoms with E-state index < -0.39 is 0 Å². The van der Waals surface area contributed by atoms with E-state index in [2.05, 4.69) is 27.3 Å². The third-order valence-corrected chi connectivity index (χ3v) is 4.47. The molecule has 1 aromatic carbocycles. The van der Waals surface area contributed by atoms with Crippen LogP contribution in [0.3, 0.4) is 0 Å². The maximum atomic E-state index is 12.0. The number of rotatable bonds is 7. The van der Waals surface area contributed by atoms with E-state index >= 15 is 0 Å². The van der Waals surface area contributed by atoms with E-state index in [1.54, 1.807) is 11.4 Å². The molecule has 1 aromatic heterocycles. The summed E-state index contributed by atoms with van der Waals surface area (Å²) in [5.41, 5.74) is 0.500. The van der Waals surface area contributed by atoms with Crippen molar-refractivity contribution in [3.63, 3.8) is 0 Å². The van der Waals surface area contributed by atoms with Crippen molar-refractivity contribution in [2.45, 2.75) is 0 Å². The molecule has 0 aliphatic rings. The Kier molecular flexibility index (Phi) is 6.59. The number of nitrogens with zero attached hydrogens (tertiary/aromatic N) is 1. The highest BCUT2D eigenvalue weighted by Crippen LogP contribution is 2.21. The van der Waals surface area contributed by atoms with Gasteiger partial charge in [-0.05, 0) is 35.7 Å². The van der Waals surface area contributed by atoms with Crippen LogP contribution in [0.2, 0.25) is 0 Å². The number of quaternary nitrogens is 1. The first-order chi connectivity index (χ1) is 11.1. The molecule has 0 radical (unpaired) electrons. The lowest BCUT2D eigenvalue weighted by atomic mass is 10.3. The summed E-state index contributed by atoms with van der Waals surface area (Å²) in [7, 11) is 1.93. The minimum atomic E-state index is -0.106. The molecule has 0 spiro atoms. The van der Waals surface area contributed by atoms with Gasteiger partial charge in [0.1, 0.15) is 30.0 Å². The Morgan fingerprint density at radius 1 is 1.39 bits per heavy atom. The van der Waals surface area contributed by atoms with E-state index in [0.717, 1.165) is 15.1 Å². The van der Waals surface area contributed by atoms with Crippen molar-refractivity contribution in [2.75, 3.05) is 32.1 Å². The minimum Gasteiger partial charge on any atom is -0.488 e. The van der Waals surface area contributed by atoms with Gasteiger partial charge in [0, 0.05) is 4.47 Å². The normalized spacial score (nSPS) is 11.5. The Hall–Kier alpha value is -1.88. The van der Waals surface area contributed by atoms with Crippen molar-refractivity contribution < 1.29 is 14.4 Å². The molecule has 0 saturated heterocycles. The standard InChI is InChI=1S/C16H16BrN3O2S/c1-20(7-8-22-14-4-2-13(17)3-5-14)11-15(21)19-16-12(10-18)6-9-23-16/h2-6,9H,7-8,11H2,1H3,(H,19,21)/p+1. The van der Waals surface area contributed by atoms with Crippen molar-refractivity contribution in [2.24, 2.45) is 0 Å². The third kappa shape index (κ3) is 5.67. The predicted molar refractivity (Wildman–Crippen MR) is 93.9 cm³/mol. The molecule has 120 valence electrons. The van der Waals surface area contributed by atoms with Gasteiger partial charge in [0.2, 0.25) is 0 Å². The van der Waals surface area contributed by atoms with Gasteiger partial charge in [-0.25, -0.2) is 0 Å². The lowest BCUT2D eigenvalue weighted by molar-refractivity contribution is -0.871. The summed E-state index contributed by atoms with van der Waals surface area (Å²) in [4.78, 5) is 13.0. The zero-order chi connectivity index (χ0) is 16.7. The smallest absolute Gasteiger partial charge is 0.280 e. The number of carbonyl (C=O) groups excluding carboxylic acids is 1. The first-order valence-electron chi connectivity index (χ1n) is 7.05. The molecule has 7 heteroatoms. The lowest BCUT2D eigenvalue weighted by Gasteiger charge is -2.14. The first-order valence-corrected chi connectivity index (χ1v) is 8.73. The molecule has 1 unspecified atom stereocenters. The number of hydrogen-bond donors (Lipinski definition) is 2. The van der Waals surface area contributed by atoms with Gasteiger partial charge in [-0.2, -0.15) is 5.26 Å². The third-order valence-electron chi connectivity index (χ3n) is 3.11. The van der Waals surface area contributed by atoms with Gasteiger partial charge < -0.3 is 15.0 Å². The number of nitrogens with one attached hydrogen (secondary N) is 2. The molecular weight excluding hydrogens is 378 g/mol. The van der Waals surface area contributed by atoms with Gasteiger partial charge in [-0.3, -0.25) is 4.79 Å². The predicted octanol–water partition coefficient (Wildman–Crippen LogP) is 1.91. The van der Waals surface area contributed by atoms with Crippen molar-refractivity contribution >= 4 is 38.2 Å². The van der Waals surface area contributed by atoms with Crippen LogP contribution in [0.1, 0.15) is 5.56 Å². The molecule has 2 rings (SSSR count). The van der Waals surface area contributed by atoms with Crippen molar-refractivity contribution in [3.8, 4) is 11.8 Å². The van der Waals surface area contributed by atoms with E-state index in [-0.39, 0.29) is 5.91 Å². The SMILES string of the molecule is C[NH+](CCOc1ccc(Br)cc1)CC(=O)Nc1sccc1C#N. The fourth-order valence-electron chi connectivity index (χ4n) is 1.90. The van der Waals surface area contributed by atoms with Crippen LogP contribution in [-0.4, -0.2) is 32.7 Å². The number of anilines is 1. The molecule has 1 atom stereocenters. The molecule has 2 aromatic rings. The second kappa shape index (κ2) is 8.67. The van der Waals surface area contributed by atoms with Gasteiger partial charge in [0.05, 0.1) is 12.6 Å². The average molecular weight is 395 g/mol. The van der Waals surface area contributed by atoms with Crippen LogP contribution in [0.5, 0.6) is 5.75 Å². The van der Waals surface area contributed by atoms with Crippen LogP contribution in [0.15, 0.2) is 40.2 Å². The molecule has 0 aliphatic carbocycles. The zero-order valence-electron chi connectivity index (χ0n) is 12.6. The molecule has 0 bridgehead atoms. The van der Waals surface area contributed by atoms with E-state index in [4.69, 9.17) is 10.00 Å². The molecule has 2 N–H and O–H groups in total. The van der Waals surface area contributed by atoms with Crippen LogP contribution >= 0.6 is 27.3 Å². The summed E-state index contributed by atoms with van der Waals surface area (Å²) in [6, 6.07) is 11.4. The van der Waals surface area contributed by atoms with Crippen molar-refractivity contribution in [3.05, 3.63) is 45.7 Å². The summed E-state index contributed by atoms with van der Waals surface area (Å²) >= 11 is 4.73. The Labute approximate surface area is 147 Å². The summed E-state index contributed by atoms with van der Waals surface area (Å²) in [6.07, 6.45) is 0. The number of carbonyl (C=O) groups is 1. The van der Waals surface area contributed by atoms with Gasteiger partial charge in [-0.15, -0.1) is 11.3 Å². The number of likely N-dealkylation sites (N-methyl/N-ethyl adjacent to an activating group) is 1. The highest BCUT2D eigenvalue weighted by Gasteiger charge is 2.13. The number of thiophene rings is 1. The molecule has 0 saturated carbocycles. The molecular formula is C16H17BrN3O2S+. The number of halogens is 1. The van der Waals surface area contributed by atoms with Gasteiger partial charge in [0.15, 0.2) is 6.54 Å². The highest BCUT2D eigenvalue weighted by molar-refractivity contribution is 9.10. The lowest BCUT2D eigenvalue weighted by Crippen LogP contribution is -3.10. The largest absolute Gasteiger partial charge is 0.488 e. The summed E-state index contributed by atoms with van der Waals surface area (Å²) in [5.74, 6) is 0.702. The summed E-state index contributed by atoms with van der Waals surface area (Å²) < 4.78 is 6.65. The molecule has 1 amide bonds. The van der Waals surface area contributed by atoms with Crippen LogP contribution in [0.4, 0.5) is 5.00 Å². The van der Waals surface area contributed by atoms with Crippen LogP contribution in [0, 0.1) is 11.3 Å². The number of ether oxygens (including phenoxy) is 1. The average Bonchev–Trinajstić information content (AvgIpc) is 2.96. The fraction of sp³-hybridized carbons (Fsp3) is 0.250. The summed E-state index contributed by atoms with van der Waals surface area (Å²) in [6.45, 7) is 1.56. The minimum absolute atomic E-state index is 0.106. The monoisotopic (exact) mass is 394 g/mol.